The molecule has 166 valence electrons. The van der Waals surface area contributed by atoms with E-state index in [0.29, 0.717) is 5.92 Å². The number of nitrogens with zero attached hydrogens (tertiary/aromatic N) is 4. The van der Waals surface area contributed by atoms with Gasteiger partial charge in [0.15, 0.2) is 11.4 Å². The van der Waals surface area contributed by atoms with Gasteiger partial charge in [0.05, 0.1) is 18.6 Å². The number of aryl methyl sites for hydroxylation is 1. The Morgan fingerprint density at radius 2 is 1.90 bits per heavy atom. The molecule has 4 heterocycles. The number of ether oxygens (including phenoxy) is 1. The molecule has 0 saturated carbocycles. The average Bonchev–Trinajstić information content (AvgIpc) is 3.16. The van der Waals surface area contributed by atoms with E-state index in [-0.39, 0.29) is 0 Å². The Labute approximate surface area is 183 Å². The van der Waals surface area contributed by atoms with E-state index in [1.807, 2.05) is 0 Å². The van der Waals surface area contributed by atoms with E-state index in [1.54, 1.807) is 6.33 Å². The van der Waals surface area contributed by atoms with Gasteiger partial charge in [0.2, 0.25) is 5.71 Å². The second kappa shape index (κ2) is 9.09. The fourth-order valence-corrected chi connectivity index (χ4v) is 4.95. The molecule has 7 nitrogen and oxygen atoms in total. The van der Waals surface area contributed by atoms with Gasteiger partial charge < -0.3 is 14.5 Å². The first kappa shape index (κ1) is 20.6. The van der Waals surface area contributed by atoms with Gasteiger partial charge in [-0.05, 0) is 62.1 Å². The summed E-state index contributed by atoms with van der Waals surface area (Å²) in [5.74, 6) is 1.35. The maximum absolute atomic E-state index is 6.29. The Hall–Kier alpha value is -2.25. The molecule has 5 rings (SSSR count). The minimum Gasteiger partial charge on any atom is -0.432 e. The third kappa shape index (κ3) is 4.26. The normalized spacial score (nSPS) is 17.5. The fraction of sp³-hybridized carbons (Fsp3) is 0.625. The van der Waals surface area contributed by atoms with Crippen LogP contribution in [0.15, 0.2) is 10.7 Å². The number of furan rings is 1. The van der Waals surface area contributed by atoms with Crippen LogP contribution >= 0.6 is 0 Å². The van der Waals surface area contributed by atoms with Crippen molar-refractivity contribution in [2.75, 3.05) is 44.7 Å². The SMILES string of the molecule is CC(C)Cc1nc2oc3c(NCCCN4CCOCC4)ncnc3c2c2c1CCCC2. The maximum atomic E-state index is 6.29. The van der Waals surface area contributed by atoms with Crippen molar-refractivity contribution in [1.29, 1.82) is 0 Å². The number of nitrogens with one attached hydrogen (secondary N) is 1. The standard InChI is InChI=1S/C24H33N5O2/c1-16(2)14-19-17-6-3-4-7-18(17)20-21-22(31-24(20)28-19)23(27-15-26-21)25-8-5-9-29-10-12-30-13-11-29/h15-16H,3-14H2,1-2H3,(H,25,26,27). The van der Waals surface area contributed by atoms with Gasteiger partial charge in [-0.15, -0.1) is 0 Å². The maximum Gasteiger partial charge on any atom is 0.229 e. The molecule has 7 heteroatoms. The lowest BCUT2D eigenvalue weighted by molar-refractivity contribution is 0.0378. The lowest BCUT2D eigenvalue weighted by Crippen LogP contribution is -2.37. The first-order chi connectivity index (χ1) is 15.2. The molecule has 0 aromatic carbocycles. The zero-order valence-electron chi connectivity index (χ0n) is 18.7. The Morgan fingerprint density at radius 1 is 1.10 bits per heavy atom. The Kier molecular flexibility index (Phi) is 6.05. The monoisotopic (exact) mass is 423 g/mol. The molecule has 1 aliphatic heterocycles. The predicted octanol–water partition coefficient (Wildman–Crippen LogP) is 3.98. The number of morpholine rings is 1. The van der Waals surface area contributed by atoms with Crippen LogP contribution in [0.25, 0.3) is 22.2 Å². The zero-order chi connectivity index (χ0) is 21.2. The second-order valence-corrected chi connectivity index (χ2v) is 9.24. The minimum atomic E-state index is 0.573. The number of rotatable bonds is 7. The molecule has 1 fully saturated rings. The van der Waals surface area contributed by atoms with Crippen LogP contribution in [0.1, 0.15) is 49.9 Å². The number of hydrogen-bond acceptors (Lipinski definition) is 7. The van der Waals surface area contributed by atoms with E-state index < -0.39 is 0 Å². The molecule has 0 amide bonds. The molecule has 3 aromatic heterocycles. The van der Waals surface area contributed by atoms with Crippen LogP contribution in [0.2, 0.25) is 0 Å². The van der Waals surface area contributed by atoms with Crippen molar-refractivity contribution in [3.8, 4) is 0 Å². The third-order valence-electron chi connectivity index (χ3n) is 6.46. The molecule has 1 aliphatic carbocycles. The quantitative estimate of drug-likeness (QED) is 0.576. The van der Waals surface area contributed by atoms with E-state index in [1.165, 1.54) is 29.7 Å². The molecule has 31 heavy (non-hydrogen) atoms. The molecule has 0 atom stereocenters. The molecular weight excluding hydrogens is 390 g/mol. The van der Waals surface area contributed by atoms with Gasteiger partial charge in [-0.25, -0.2) is 15.0 Å². The summed E-state index contributed by atoms with van der Waals surface area (Å²) in [6.45, 7) is 10.2. The summed E-state index contributed by atoms with van der Waals surface area (Å²) >= 11 is 0. The highest BCUT2D eigenvalue weighted by molar-refractivity contribution is 6.06. The van der Waals surface area contributed by atoms with Crippen LogP contribution in [0, 0.1) is 5.92 Å². The van der Waals surface area contributed by atoms with Gasteiger partial charge in [-0.3, -0.25) is 4.90 Å². The predicted molar refractivity (Wildman–Crippen MR) is 123 cm³/mol. The van der Waals surface area contributed by atoms with Gasteiger partial charge in [0.1, 0.15) is 11.8 Å². The molecule has 1 saturated heterocycles. The molecule has 3 aromatic rings. The van der Waals surface area contributed by atoms with Gasteiger partial charge in [0, 0.05) is 25.3 Å². The Morgan fingerprint density at radius 3 is 2.71 bits per heavy atom. The zero-order valence-corrected chi connectivity index (χ0v) is 18.7. The summed E-state index contributed by atoms with van der Waals surface area (Å²) < 4.78 is 11.7. The lowest BCUT2D eigenvalue weighted by Gasteiger charge is -2.26. The van der Waals surface area contributed by atoms with Crippen molar-refractivity contribution < 1.29 is 9.15 Å². The molecular formula is C24H33N5O2. The largest absolute Gasteiger partial charge is 0.432 e. The highest BCUT2D eigenvalue weighted by Crippen LogP contribution is 2.37. The van der Waals surface area contributed by atoms with Crippen LogP contribution in [-0.4, -0.2) is 59.2 Å². The minimum absolute atomic E-state index is 0.573. The van der Waals surface area contributed by atoms with Crippen LogP contribution < -0.4 is 5.32 Å². The number of anilines is 1. The van der Waals surface area contributed by atoms with Gasteiger partial charge >= 0.3 is 0 Å². The highest BCUT2D eigenvalue weighted by atomic mass is 16.5. The summed E-state index contributed by atoms with van der Waals surface area (Å²) in [5, 5.41) is 4.59. The van der Waals surface area contributed by atoms with E-state index >= 15 is 0 Å². The number of hydrogen-bond donors (Lipinski definition) is 1. The van der Waals surface area contributed by atoms with Crippen LogP contribution in [0.4, 0.5) is 5.82 Å². The molecule has 0 unspecified atom stereocenters. The molecule has 1 N–H and O–H groups in total. The number of aromatic nitrogens is 3. The molecule has 0 spiro atoms. The summed E-state index contributed by atoms with van der Waals surface area (Å²) in [4.78, 5) is 16.6. The van der Waals surface area contributed by atoms with Crippen molar-refractivity contribution >= 4 is 28.0 Å². The Balaban J connectivity index is 1.43. The molecule has 0 bridgehead atoms. The van der Waals surface area contributed by atoms with E-state index in [4.69, 9.17) is 14.1 Å². The van der Waals surface area contributed by atoms with E-state index in [2.05, 4.69) is 34.0 Å². The van der Waals surface area contributed by atoms with E-state index in [9.17, 15) is 0 Å². The van der Waals surface area contributed by atoms with Gasteiger partial charge in [-0.1, -0.05) is 13.8 Å². The van der Waals surface area contributed by atoms with Crippen molar-refractivity contribution in [3.63, 3.8) is 0 Å². The topological polar surface area (TPSA) is 76.3 Å². The fourth-order valence-electron chi connectivity index (χ4n) is 4.95. The third-order valence-corrected chi connectivity index (χ3v) is 6.46. The first-order valence-electron chi connectivity index (χ1n) is 11.8. The number of pyridine rings is 1. The Bertz CT molecular complexity index is 1060. The van der Waals surface area contributed by atoms with Crippen molar-refractivity contribution in [1.82, 2.24) is 19.9 Å². The molecule has 0 radical (unpaired) electrons. The average molecular weight is 424 g/mol. The van der Waals surface area contributed by atoms with Gasteiger partial charge in [0.25, 0.3) is 0 Å². The lowest BCUT2D eigenvalue weighted by atomic mass is 9.87. The first-order valence-corrected chi connectivity index (χ1v) is 11.8. The van der Waals surface area contributed by atoms with Crippen LogP contribution in [0.5, 0.6) is 0 Å². The summed E-state index contributed by atoms with van der Waals surface area (Å²) in [5.41, 5.74) is 6.43. The summed E-state index contributed by atoms with van der Waals surface area (Å²) in [6, 6.07) is 0. The van der Waals surface area contributed by atoms with Crippen molar-refractivity contribution in [2.24, 2.45) is 5.92 Å². The summed E-state index contributed by atoms with van der Waals surface area (Å²) in [7, 11) is 0. The smallest absolute Gasteiger partial charge is 0.229 e. The van der Waals surface area contributed by atoms with Crippen molar-refractivity contribution in [2.45, 2.75) is 52.4 Å². The van der Waals surface area contributed by atoms with E-state index in [0.717, 1.165) is 93.1 Å². The van der Waals surface area contributed by atoms with Crippen molar-refractivity contribution in [3.05, 3.63) is 23.1 Å². The second-order valence-electron chi connectivity index (χ2n) is 9.24. The van der Waals surface area contributed by atoms with Gasteiger partial charge in [-0.2, -0.15) is 0 Å². The highest BCUT2D eigenvalue weighted by Gasteiger charge is 2.24. The molecule has 2 aliphatic rings. The van der Waals surface area contributed by atoms with Crippen LogP contribution in [0.3, 0.4) is 0 Å². The number of fused-ring (bicyclic) bond motifs is 5. The van der Waals surface area contributed by atoms with Crippen LogP contribution in [-0.2, 0) is 24.0 Å². The summed E-state index contributed by atoms with van der Waals surface area (Å²) in [6.07, 6.45) is 8.36.